The highest BCUT2D eigenvalue weighted by Crippen LogP contribution is 2.22. The number of hydrogen-bond acceptors (Lipinski definition) is 4. The molecule has 1 heterocycles. The average molecular weight is 384 g/mol. The molecular formula is C20H18ClN3O3. The Hall–Kier alpha value is -3.12. The fourth-order valence-electron chi connectivity index (χ4n) is 2.52. The van der Waals surface area contributed by atoms with E-state index in [2.05, 4.69) is 10.3 Å². The van der Waals surface area contributed by atoms with E-state index in [0.29, 0.717) is 35.2 Å². The highest BCUT2D eigenvalue weighted by atomic mass is 35.5. The van der Waals surface area contributed by atoms with Crippen molar-refractivity contribution in [3.8, 4) is 11.3 Å². The first-order valence-corrected chi connectivity index (χ1v) is 8.75. The third-order valence-electron chi connectivity index (χ3n) is 3.95. The van der Waals surface area contributed by atoms with Gasteiger partial charge in [0.25, 0.3) is 0 Å². The highest BCUT2D eigenvalue weighted by molar-refractivity contribution is 6.30. The number of hydrogen-bond donors (Lipinski definition) is 2. The van der Waals surface area contributed by atoms with Gasteiger partial charge in [-0.3, -0.25) is 9.59 Å². The number of primary amides is 1. The van der Waals surface area contributed by atoms with Crippen LogP contribution >= 0.6 is 11.6 Å². The third-order valence-corrected chi connectivity index (χ3v) is 4.20. The van der Waals surface area contributed by atoms with E-state index >= 15 is 0 Å². The van der Waals surface area contributed by atoms with E-state index in [1.807, 2.05) is 18.2 Å². The van der Waals surface area contributed by atoms with Crippen LogP contribution in [0.5, 0.6) is 0 Å². The minimum atomic E-state index is -0.497. The number of nitrogens with two attached hydrogens (primary N) is 1. The Morgan fingerprint density at radius 3 is 2.67 bits per heavy atom. The van der Waals surface area contributed by atoms with Gasteiger partial charge in [0.05, 0.1) is 6.20 Å². The summed E-state index contributed by atoms with van der Waals surface area (Å²) in [6.45, 7) is 0.321. The molecule has 2 amide bonds. The summed E-state index contributed by atoms with van der Waals surface area (Å²) in [5.41, 5.74) is 7.34. The minimum Gasteiger partial charge on any atom is -0.441 e. The molecule has 3 rings (SSSR count). The van der Waals surface area contributed by atoms with Gasteiger partial charge in [-0.2, -0.15) is 0 Å². The summed E-state index contributed by atoms with van der Waals surface area (Å²) in [7, 11) is 0. The lowest BCUT2D eigenvalue weighted by Crippen LogP contribution is -2.23. The summed E-state index contributed by atoms with van der Waals surface area (Å²) < 4.78 is 5.68. The van der Waals surface area contributed by atoms with Crippen LogP contribution in [0.15, 0.2) is 59.1 Å². The van der Waals surface area contributed by atoms with Crippen LogP contribution in [0.1, 0.15) is 28.2 Å². The lowest BCUT2D eigenvalue weighted by atomic mass is 10.1. The molecule has 1 aromatic heterocycles. The number of halogens is 1. The summed E-state index contributed by atoms with van der Waals surface area (Å²) in [6.07, 6.45) is 2.27. The minimum absolute atomic E-state index is 0.134. The predicted molar refractivity (Wildman–Crippen MR) is 102 cm³/mol. The first-order valence-electron chi connectivity index (χ1n) is 8.37. The van der Waals surface area contributed by atoms with Crippen molar-refractivity contribution in [3.05, 3.63) is 76.8 Å². The first-order chi connectivity index (χ1) is 13.0. The molecule has 0 saturated carbocycles. The van der Waals surface area contributed by atoms with Gasteiger partial charge in [-0.15, -0.1) is 0 Å². The van der Waals surface area contributed by atoms with Gasteiger partial charge < -0.3 is 15.5 Å². The van der Waals surface area contributed by atoms with Crippen molar-refractivity contribution >= 4 is 23.4 Å². The zero-order valence-corrected chi connectivity index (χ0v) is 15.2. The van der Waals surface area contributed by atoms with Gasteiger partial charge in [0.15, 0.2) is 11.7 Å². The molecule has 0 saturated heterocycles. The van der Waals surface area contributed by atoms with Crippen molar-refractivity contribution in [2.24, 2.45) is 5.73 Å². The van der Waals surface area contributed by atoms with Crippen molar-refractivity contribution in [3.63, 3.8) is 0 Å². The van der Waals surface area contributed by atoms with Crippen molar-refractivity contribution in [2.45, 2.75) is 19.4 Å². The molecule has 27 heavy (non-hydrogen) atoms. The van der Waals surface area contributed by atoms with Gasteiger partial charge in [0, 0.05) is 35.5 Å². The molecule has 3 N–H and O–H groups in total. The second-order valence-electron chi connectivity index (χ2n) is 5.97. The Kier molecular flexibility index (Phi) is 5.88. The molecular weight excluding hydrogens is 366 g/mol. The van der Waals surface area contributed by atoms with E-state index < -0.39 is 5.91 Å². The maximum atomic E-state index is 12.0. The van der Waals surface area contributed by atoms with E-state index in [9.17, 15) is 9.59 Å². The Bertz CT molecular complexity index is 951. The number of aromatic nitrogens is 1. The van der Waals surface area contributed by atoms with Crippen LogP contribution in [0.25, 0.3) is 11.3 Å². The number of aryl methyl sites for hydroxylation is 1. The molecule has 6 nitrogen and oxygen atoms in total. The number of carbonyl (C=O) groups is 2. The number of rotatable bonds is 7. The fourth-order valence-corrected chi connectivity index (χ4v) is 2.64. The quantitative estimate of drug-likeness (QED) is 0.653. The standard InChI is InChI=1S/C20H18ClN3O3/c21-16-6-4-14(5-7-16)17-12-24-19(27-17)9-8-18(25)23-11-13-2-1-3-15(10-13)20(22)26/h1-7,10,12H,8-9,11H2,(H2,22,26)(H,23,25). The average Bonchev–Trinajstić information content (AvgIpc) is 3.14. The van der Waals surface area contributed by atoms with E-state index in [1.165, 1.54) is 0 Å². The molecule has 0 spiro atoms. The molecule has 0 aliphatic carbocycles. The molecule has 0 fully saturated rings. The van der Waals surface area contributed by atoms with Crippen molar-refractivity contribution < 1.29 is 14.0 Å². The molecule has 0 atom stereocenters. The van der Waals surface area contributed by atoms with Gasteiger partial charge in [-0.05, 0) is 42.0 Å². The van der Waals surface area contributed by atoms with Gasteiger partial charge >= 0.3 is 0 Å². The zero-order valence-electron chi connectivity index (χ0n) is 14.4. The van der Waals surface area contributed by atoms with Crippen molar-refractivity contribution in [1.29, 1.82) is 0 Å². The Balaban J connectivity index is 1.50. The van der Waals surface area contributed by atoms with Gasteiger partial charge in [-0.1, -0.05) is 23.7 Å². The number of nitrogens with zero attached hydrogens (tertiary/aromatic N) is 1. The van der Waals surface area contributed by atoms with Crippen LogP contribution < -0.4 is 11.1 Å². The number of nitrogens with one attached hydrogen (secondary N) is 1. The van der Waals surface area contributed by atoms with Gasteiger partial charge in [0.2, 0.25) is 11.8 Å². The van der Waals surface area contributed by atoms with E-state index in [4.69, 9.17) is 21.8 Å². The normalized spacial score (nSPS) is 10.6. The van der Waals surface area contributed by atoms with Crippen LogP contribution in [0, 0.1) is 0 Å². The second-order valence-corrected chi connectivity index (χ2v) is 6.40. The van der Waals surface area contributed by atoms with Crippen LogP contribution in [0.4, 0.5) is 0 Å². The van der Waals surface area contributed by atoms with Crippen LogP contribution in [-0.2, 0) is 17.8 Å². The lowest BCUT2D eigenvalue weighted by molar-refractivity contribution is -0.121. The lowest BCUT2D eigenvalue weighted by Gasteiger charge is -2.05. The SMILES string of the molecule is NC(=O)c1cccc(CNC(=O)CCc2ncc(-c3ccc(Cl)cc3)o2)c1. The van der Waals surface area contributed by atoms with Crippen molar-refractivity contribution in [2.75, 3.05) is 0 Å². The van der Waals surface area contributed by atoms with E-state index in [1.54, 1.807) is 36.5 Å². The van der Waals surface area contributed by atoms with Crippen molar-refractivity contribution in [1.82, 2.24) is 10.3 Å². The Labute approximate surface area is 161 Å². The Morgan fingerprint density at radius 2 is 1.93 bits per heavy atom. The highest BCUT2D eigenvalue weighted by Gasteiger charge is 2.09. The molecule has 0 aliphatic rings. The monoisotopic (exact) mass is 383 g/mol. The van der Waals surface area contributed by atoms with Crippen LogP contribution in [0.3, 0.4) is 0 Å². The molecule has 7 heteroatoms. The second kappa shape index (κ2) is 8.51. The molecule has 3 aromatic rings. The number of carbonyl (C=O) groups excluding carboxylic acids is 2. The van der Waals surface area contributed by atoms with Gasteiger partial charge in [-0.25, -0.2) is 4.98 Å². The van der Waals surface area contributed by atoms with E-state index in [0.717, 1.165) is 11.1 Å². The fraction of sp³-hybridized carbons (Fsp3) is 0.150. The molecule has 0 aliphatic heterocycles. The third kappa shape index (κ3) is 5.18. The summed E-state index contributed by atoms with van der Waals surface area (Å²) in [4.78, 5) is 27.4. The molecule has 0 radical (unpaired) electrons. The predicted octanol–water partition coefficient (Wildman–Crippen LogP) is 3.34. The maximum Gasteiger partial charge on any atom is 0.248 e. The smallest absolute Gasteiger partial charge is 0.248 e. The molecule has 138 valence electrons. The zero-order chi connectivity index (χ0) is 19.2. The summed E-state index contributed by atoms with van der Waals surface area (Å²) in [6, 6.07) is 14.1. The number of amides is 2. The number of oxazole rings is 1. The molecule has 2 aromatic carbocycles. The summed E-state index contributed by atoms with van der Waals surface area (Å²) in [5.74, 6) is 0.491. The summed E-state index contributed by atoms with van der Waals surface area (Å²) in [5, 5.41) is 3.45. The Morgan fingerprint density at radius 1 is 1.15 bits per heavy atom. The van der Waals surface area contributed by atoms with Gasteiger partial charge in [0.1, 0.15) is 0 Å². The largest absolute Gasteiger partial charge is 0.441 e. The maximum absolute atomic E-state index is 12.0. The summed E-state index contributed by atoms with van der Waals surface area (Å²) >= 11 is 5.87. The van der Waals surface area contributed by atoms with Crippen LogP contribution in [-0.4, -0.2) is 16.8 Å². The van der Waals surface area contributed by atoms with E-state index in [-0.39, 0.29) is 12.3 Å². The molecule has 0 bridgehead atoms. The molecule has 0 unspecified atom stereocenters. The topological polar surface area (TPSA) is 98.2 Å². The van der Waals surface area contributed by atoms with Crippen LogP contribution in [0.2, 0.25) is 5.02 Å². The first kappa shape index (κ1) is 18.7. The number of benzene rings is 2.